The molecule has 0 unspecified atom stereocenters. The Balaban J connectivity index is 1.63. The van der Waals surface area contributed by atoms with Crippen LogP contribution in [-0.2, 0) is 13.0 Å². The van der Waals surface area contributed by atoms with Crippen LogP contribution in [0.1, 0.15) is 68.2 Å². The van der Waals surface area contributed by atoms with E-state index in [9.17, 15) is 4.79 Å². The summed E-state index contributed by atoms with van der Waals surface area (Å²) in [4.78, 5) is 20.0. The minimum absolute atomic E-state index is 0.136. The molecule has 0 bridgehead atoms. The van der Waals surface area contributed by atoms with E-state index in [1.54, 1.807) is 0 Å². The number of carbonyl (C=O) groups is 1. The summed E-state index contributed by atoms with van der Waals surface area (Å²) in [7, 11) is 0. The summed E-state index contributed by atoms with van der Waals surface area (Å²) in [6.45, 7) is 9.82. The molecule has 1 aliphatic heterocycles. The van der Waals surface area contributed by atoms with E-state index in [1.807, 2.05) is 36.1 Å². The summed E-state index contributed by atoms with van der Waals surface area (Å²) in [5.74, 6) is 2.69. The van der Waals surface area contributed by atoms with Gasteiger partial charge < -0.3 is 14.2 Å². The van der Waals surface area contributed by atoms with Gasteiger partial charge in [-0.2, -0.15) is 0 Å². The molecule has 0 N–H and O–H groups in total. The zero-order chi connectivity index (χ0) is 22.5. The predicted molar refractivity (Wildman–Crippen MR) is 129 cm³/mol. The Morgan fingerprint density at radius 2 is 1.81 bits per heavy atom. The summed E-state index contributed by atoms with van der Waals surface area (Å²) in [5.41, 5.74) is 3.99. The second-order valence-corrected chi connectivity index (χ2v) is 9.17. The molecule has 0 spiro atoms. The van der Waals surface area contributed by atoms with Crippen LogP contribution < -0.4 is 4.74 Å². The molecule has 3 aromatic rings. The fourth-order valence-electron chi connectivity index (χ4n) is 4.42. The zero-order valence-corrected chi connectivity index (χ0v) is 19.6. The van der Waals surface area contributed by atoms with Gasteiger partial charge in [-0.25, -0.2) is 4.98 Å². The minimum atomic E-state index is 0.136. The maximum atomic E-state index is 13.0. The average molecular weight is 434 g/mol. The van der Waals surface area contributed by atoms with Crippen LogP contribution in [0.15, 0.2) is 42.5 Å². The van der Waals surface area contributed by atoms with Gasteiger partial charge in [0.25, 0.3) is 5.91 Å². The molecule has 0 saturated carbocycles. The minimum Gasteiger partial charge on any atom is -0.494 e. The van der Waals surface area contributed by atoms with Gasteiger partial charge in [-0.3, -0.25) is 4.79 Å². The Bertz CT molecular complexity index is 1050. The lowest BCUT2D eigenvalue weighted by atomic mass is 10.1. The number of fused-ring (bicyclic) bond motifs is 1. The van der Waals surface area contributed by atoms with E-state index in [-0.39, 0.29) is 5.91 Å². The summed E-state index contributed by atoms with van der Waals surface area (Å²) in [6.07, 6.45) is 5.27. The first-order valence-corrected chi connectivity index (χ1v) is 12.1. The van der Waals surface area contributed by atoms with Crippen LogP contribution in [0.25, 0.3) is 11.0 Å². The Morgan fingerprint density at radius 3 is 2.50 bits per heavy atom. The highest BCUT2D eigenvalue weighted by Crippen LogP contribution is 2.24. The third-order valence-electron chi connectivity index (χ3n) is 6.24. The van der Waals surface area contributed by atoms with Crippen molar-refractivity contribution in [1.82, 2.24) is 14.5 Å². The van der Waals surface area contributed by atoms with E-state index in [0.29, 0.717) is 12.5 Å². The number of nitrogens with zero attached hydrogens (tertiary/aromatic N) is 3. The quantitative estimate of drug-likeness (QED) is 0.458. The predicted octanol–water partition coefficient (Wildman–Crippen LogP) is 5.70. The number of likely N-dealkylation sites (tertiary alicyclic amines) is 1. The molecule has 4 rings (SSSR count). The van der Waals surface area contributed by atoms with Crippen molar-refractivity contribution >= 4 is 16.9 Å². The average Bonchev–Trinajstić information content (AvgIpc) is 3.15. The lowest BCUT2D eigenvalue weighted by Crippen LogP contribution is -2.35. The molecule has 170 valence electrons. The fraction of sp³-hybridized carbons (Fsp3) is 0.481. The van der Waals surface area contributed by atoms with Gasteiger partial charge in [0, 0.05) is 31.6 Å². The molecule has 1 fully saturated rings. The van der Waals surface area contributed by atoms with Gasteiger partial charge in [-0.1, -0.05) is 26.0 Å². The highest BCUT2D eigenvalue weighted by Gasteiger charge is 2.20. The number of rotatable bonds is 8. The van der Waals surface area contributed by atoms with E-state index in [1.165, 1.54) is 12.0 Å². The van der Waals surface area contributed by atoms with Gasteiger partial charge >= 0.3 is 0 Å². The van der Waals surface area contributed by atoms with Crippen LogP contribution in [0.5, 0.6) is 5.75 Å². The van der Waals surface area contributed by atoms with Crippen LogP contribution in [0.4, 0.5) is 0 Å². The van der Waals surface area contributed by atoms with Gasteiger partial charge in [0.05, 0.1) is 17.6 Å². The van der Waals surface area contributed by atoms with Crippen molar-refractivity contribution in [3.05, 3.63) is 59.4 Å². The maximum absolute atomic E-state index is 13.0. The van der Waals surface area contributed by atoms with Crippen molar-refractivity contribution in [3.8, 4) is 5.75 Å². The molecule has 1 aromatic heterocycles. The molecule has 0 atom stereocenters. The Morgan fingerprint density at radius 1 is 1.06 bits per heavy atom. The van der Waals surface area contributed by atoms with Crippen molar-refractivity contribution < 1.29 is 9.53 Å². The van der Waals surface area contributed by atoms with E-state index >= 15 is 0 Å². The van der Waals surface area contributed by atoms with Crippen LogP contribution >= 0.6 is 0 Å². The maximum Gasteiger partial charge on any atom is 0.253 e. The number of piperidine rings is 1. The Labute approximate surface area is 191 Å². The third-order valence-corrected chi connectivity index (χ3v) is 6.24. The number of hydrogen-bond donors (Lipinski definition) is 0. The summed E-state index contributed by atoms with van der Waals surface area (Å²) in [5, 5.41) is 0. The van der Waals surface area contributed by atoms with Gasteiger partial charge in [-0.05, 0) is 74.4 Å². The summed E-state index contributed by atoms with van der Waals surface area (Å²) >= 11 is 0. The van der Waals surface area contributed by atoms with Crippen molar-refractivity contribution in [2.24, 2.45) is 5.92 Å². The highest BCUT2D eigenvalue weighted by atomic mass is 16.5. The van der Waals surface area contributed by atoms with Gasteiger partial charge in [0.2, 0.25) is 0 Å². The van der Waals surface area contributed by atoms with Crippen molar-refractivity contribution in [2.75, 3.05) is 19.7 Å². The zero-order valence-electron chi connectivity index (χ0n) is 19.6. The molecule has 1 saturated heterocycles. The lowest BCUT2D eigenvalue weighted by molar-refractivity contribution is 0.0724. The molecule has 5 heteroatoms. The lowest BCUT2D eigenvalue weighted by Gasteiger charge is -2.26. The SMILES string of the molecule is CCOc1ccc(Cc2nc3cc(C(=O)N4CCCCC4)ccc3n2CCC(C)C)cc1. The molecule has 5 nitrogen and oxygen atoms in total. The van der Waals surface area contributed by atoms with Crippen molar-refractivity contribution in [3.63, 3.8) is 0 Å². The van der Waals surface area contributed by atoms with Crippen LogP contribution in [-0.4, -0.2) is 40.1 Å². The summed E-state index contributed by atoms with van der Waals surface area (Å²) < 4.78 is 7.91. The number of aryl methyl sites for hydroxylation is 1. The molecule has 1 aliphatic rings. The van der Waals surface area contributed by atoms with Gasteiger partial charge in [-0.15, -0.1) is 0 Å². The molecule has 0 radical (unpaired) electrons. The monoisotopic (exact) mass is 433 g/mol. The van der Waals surface area contributed by atoms with Crippen LogP contribution in [0, 0.1) is 5.92 Å². The van der Waals surface area contributed by atoms with E-state index in [0.717, 1.165) is 73.5 Å². The van der Waals surface area contributed by atoms with Gasteiger partial charge in [0.15, 0.2) is 0 Å². The number of amides is 1. The number of benzene rings is 2. The number of carbonyl (C=O) groups excluding carboxylic acids is 1. The highest BCUT2D eigenvalue weighted by molar-refractivity contribution is 5.97. The standard InChI is InChI=1S/C27H35N3O2/c1-4-32-23-11-8-21(9-12-23)18-26-28-24-19-22(27(31)29-15-6-5-7-16-29)10-13-25(24)30(26)17-14-20(2)3/h8-13,19-20H,4-7,14-18H2,1-3H3. The first-order chi connectivity index (χ1) is 15.5. The largest absolute Gasteiger partial charge is 0.494 e. The molecular weight excluding hydrogens is 398 g/mol. The topological polar surface area (TPSA) is 47.4 Å². The number of imidazole rings is 1. The molecule has 2 heterocycles. The molecule has 0 aliphatic carbocycles. The molecule has 2 aromatic carbocycles. The number of aromatic nitrogens is 2. The number of ether oxygens (including phenoxy) is 1. The molecule has 32 heavy (non-hydrogen) atoms. The third kappa shape index (κ3) is 5.14. The fourth-order valence-corrected chi connectivity index (χ4v) is 4.42. The van der Waals surface area contributed by atoms with Gasteiger partial charge in [0.1, 0.15) is 11.6 Å². The first kappa shape index (κ1) is 22.4. The second-order valence-electron chi connectivity index (χ2n) is 9.17. The van der Waals surface area contributed by atoms with Crippen molar-refractivity contribution in [2.45, 2.75) is 59.4 Å². The number of hydrogen-bond acceptors (Lipinski definition) is 3. The first-order valence-electron chi connectivity index (χ1n) is 12.1. The Kier molecular flexibility index (Phi) is 7.13. The smallest absolute Gasteiger partial charge is 0.253 e. The van der Waals surface area contributed by atoms with E-state index < -0.39 is 0 Å². The Hall–Kier alpha value is -2.82. The summed E-state index contributed by atoms with van der Waals surface area (Å²) in [6, 6.07) is 14.3. The van der Waals surface area contributed by atoms with Crippen molar-refractivity contribution in [1.29, 1.82) is 0 Å². The van der Waals surface area contributed by atoms with E-state index in [4.69, 9.17) is 9.72 Å². The molecular formula is C27H35N3O2. The normalized spacial score (nSPS) is 14.3. The van der Waals surface area contributed by atoms with Crippen LogP contribution in [0.3, 0.4) is 0 Å². The second kappa shape index (κ2) is 10.2. The molecule has 1 amide bonds. The van der Waals surface area contributed by atoms with E-state index in [2.05, 4.69) is 36.6 Å². The van der Waals surface area contributed by atoms with Crippen LogP contribution in [0.2, 0.25) is 0 Å².